The number of carbonyl (C=O) groups is 1. The highest BCUT2D eigenvalue weighted by Crippen LogP contribution is 2.27. The number of amides is 1. The fraction of sp³-hybridized carbons (Fsp3) is 0. The van der Waals surface area contributed by atoms with Crippen LogP contribution in [0.3, 0.4) is 0 Å². The summed E-state index contributed by atoms with van der Waals surface area (Å²) in [6.45, 7) is 0. The van der Waals surface area contributed by atoms with Gasteiger partial charge in [0.15, 0.2) is 0 Å². The van der Waals surface area contributed by atoms with Crippen molar-refractivity contribution in [1.82, 2.24) is 0 Å². The Kier molecular flexibility index (Phi) is 5.83. The predicted molar refractivity (Wildman–Crippen MR) is 106 cm³/mol. The van der Waals surface area contributed by atoms with E-state index >= 15 is 0 Å². The number of nitriles is 1. The number of nitrogens with zero attached hydrogens (tertiary/aromatic N) is 3. The summed E-state index contributed by atoms with van der Waals surface area (Å²) in [5.41, 5.74) is -1.08. The summed E-state index contributed by atoms with van der Waals surface area (Å²) in [5.74, 6) is -1.57. The molecule has 3 rings (SSSR count). The minimum atomic E-state index is -1.00. The smallest absolute Gasteiger partial charge is 0.271 e. The van der Waals surface area contributed by atoms with E-state index in [4.69, 9.17) is 4.42 Å². The standard InChI is InChI=1S/C20H11FN4O6/c21-17-6-4-15(25(29)30)10-18(17)23-20(26)13(11-22)9-16-5-7-19(31-16)12-2-1-3-14(8-12)24(27)28/h1-10H,(H,23,26)/b13-9+. The Hall–Kier alpha value is -4.85. The van der Waals surface area contributed by atoms with Crippen molar-refractivity contribution in [3.63, 3.8) is 0 Å². The maximum atomic E-state index is 13.9. The number of non-ortho nitro benzene ring substituents is 2. The van der Waals surface area contributed by atoms with Crippen LogP contribution in [-0.4, -0.2) is 15.8 Å². The molecule has 0 atom stereocenters. The van der Waals surface area contributed by atoms with E-state index in [1.165, 1.54) is 30.3 Å². The average molecular weight is 422 g/mol. The predicted octanol–water partition coefficient (Wildman–Crippen LogP) is 4.45. The van der Waals surface area contributed by atoms with Crippen LogP contribution in [0.2, 0.25) is 0 Å². The van der Waals surface area contributed by atoms with Gasteiger partial charge in [-0.15, -0.1) is 0 Å². The van der Waals surface area contributed by atoms with E-state index in [1.807, 2.05) is 0 Å². The van der Waals surface area contributed by atoms with Crippen LogP contribution < -0.4 is 5.32 Å². The number of anilines is 1. The van der Waals surface area contributed by atoms with E-state index in [9.17, 15) is 34.7 Å². The van der Waals surface area contributed by atoms with Crippen molar-refractivity contribution >= 4 is 29.0 Å². The molecule has 0 saturated heterocycles. The zero-order chi connectivity index (χ0) is 22.5. The van der Waals surface area contributed by atoms with E-state index in [2.05, 4.69) is 5.32 Å². The molecule has 2 aromatic carbocycles. The molecule has 1 heterocycles. The van der Waals surface area contributed by atoms with Crippen molar-refractivity contribution in [2.45, 2.75) is 0 Å². The molecule has 0 unspecified atom stereocenters. The molecule has 0 aliphatic carbocycles. The largest absolute Gasteiger partial charge is 0.457 e. The molecule has 0 bridgehead atoms. The molecule has 0 fully saturated rings. The van der Waals surface area contributed by atoms with E-state index in [0.717, 1.165) is 24.3 Å². The van der Waals surface area contributed by atoms with Crippen LogP contribution in [-0.2, 0) is 4.79 Å². The van der Waals surface area contributed by atoms with Crippen molar-refractivity contribution in [3.05, 3.63) is 92.0 Å². The molecule has 0 saturated carbocycles. The van der Waals surface area contributed by atoms with Gasteiger partial charge in [-0.25, -0.2) is 4.39 Å². The summed E-state index contributed by atoms with van der Waals surface area (Å²) in [5, 5.41) is 33.1. The number of hydrogen-bond acceptors (Lipinski definition) is 7. The van der Waals surface area contributed by atoms with Crippen molar-refractivity contribution in [2.24, 2.45) is 0 Å². The molecule has 0 radical (unpaired) electrons. The number of nitrogens with one attached hydrogen (secondary N) is 1. The number of nitro benzene ring substituents is 2. The van der Waals surface area contributed by atoms with Crippen molar-refractivity contribution in [3.8, 4) is 17.4 Å². The highest BCUT2D eigenvalue weighted by molar-refractivity contribution is 6.09. The number of nitro groups is 2. The van der Waals surface area contributed by atoms with Gasteiger partial charge in [-0.2, -0.15) is 5.26 Å². The maximum Gasteiger partial charge on any atom is 0.271 e. The SMILES string of the molecule is N#C/C(=C\c1ccc(-c2cccc([N+](=O)[O-])c2)o1)C(=O)Nc1cc([N+](=O)[O-])ccc1F. The van der Waals surface area contributed by atoms with Crippen LogP contribution in [0.25, 0.3) is 17.4 Å². The zero-order valence-electron chi connectivity index (χ0n) is 15.4. The van der Waals surface area contributed by atoms with Gasteiger partial charge < -0.3 is 9.73 Å². The number of halogens is 1. The Bertz CT molecular complexity index is 1270. The van der Waals surface area contributed by atoms with Crippen molar-refractivity contribution < 1.29 is 23.4 Å². The van der Waals surface area contributed by atoms with Crippen LogP contribution in [0, 0.1) is 37.4 Å². The van der Waals surface area contributed by atoms with E-state index in [1.54, 1.807) is 12.1 Å². The Morgan fingerprint density at radius 1 is 1.06 bits per heavy atom. The molecule has 154 valence electrons. The number of furan rings is 1. The van der Waals surface area contributed by atoms with Crippen LogP contribution in [0.4, 0.5) is 21.5 Å². The fourth-order valence-electron chi connectivity index (χ4n) is 2.56. The lowest BCUT2D eigenvalue weighted by molar-refractivity contribution is -0.385. The molecular weight excluding hydrogens is 411 g/mol. The van der Waals surface area contributed by atoms with Crippen molar-refractivity contribution in [1.29, 1.82) is 5.26 Å². The van der Waals surface area contributed by atoms with Gasteiger partial charge in [0.05, 0.1) is 15.5 Å². The molecule has 3 aromatic rings. The van der Waals surface area contributed by atoms with Gasteiger partial charge in [0.1, 0.15) is 29.0 Å². The molecule has 1 N–H and O–H groups in total. The van der Waals surface area contributed by atoms with Crippen LogP contribution in [0.15, 0.2) is 64.6 Å². The number of benzene rings is 2. The topological polar surface area (TPSA) is 152 Å². The summed E-state index contributed by atoms with van der Waals surface area (Å²) in [4.78, 5) is 32.7. The molecule has 0 aliphatic heterocycles. The number of hydrogen-bond donors (Lipinski definition) is 1. The summed E-state index contributed by atoms with van der Waals surface area (Å²) in [6, 6.07) is 12.8. The summed E-state index contributed by atoms with van der Waals surface area (Å²) in [6.07, 6.45) is 1.09. The molecule has 1 aromatic heterocycles. The van der Waals surface area contributed by atoms with Crippen LogP contribution in [0.1, 0.15) is 5.76 Å². The summed E-state index contributed by atoms with van der Waals surface area (Å²) >= 11 is 0. The Balaban J connectivity index is 1.84. The molecule has 0 aliphatic rings. The normalized spacial score (nSPS) is 10.9. The third kappa shape index (κ3) is 4.77. The highest BCUT2D eigenvalue weighted by atomic mass is 19.1. The average Bonchev–Trinajstić information content (AvgIpc) is 3.22. The van der Waals surface area contributed by atoms with Gasteiger partial charge in [0.2, 0.25) is 0 Å². The molecule has 0 spiro atoms. The summed E-state index contributed by atoms with van der Waals surface area (Å²) < 4.78 is 19.4. The third-order valence-electron chi connectivity index (χ3n) is 4.03. The van der Waals surface area contributed by atoms with E-state index in [-0.39, 0.29) is 17.2 Å². The Labute approximate surface area is 173 Å². The monoisotopic (exact) mass is 422 g/mol. The lowest BCUT2D eigenvalue weighted by Gasteiger charge is -2.05. The first kappa shape index (κ1) is 20.9. The minimum absolute atomic E-state index is 0.0905. The van der Waals surface area contributed by atoms with Crippen molar-refractivity contribution in [2.75, 3.05) is 5.32 Å². The summed E-state index contributed by atoms with van der Waals surface area (Å²) in [7, 11) is 0. The zero-order valence-corrected chi connectivity index (χ0v) is 15.4. The number of carbonyl (C=O) groups excluding carboxylic acids is 1. The van der Waals surface area contributed by atoms with Gasteiger partial charge in [0, 0.05) is 35.9 Å². The van der Waals surface area contributed by atoms with Gasteiger partial charge in [-0.05, 0) is 18.2 Å². The van der Waals surface area contributed by atoms with Gasteiger partial charge >= 0.3 is 0 Å². The molecule has 1 amide bonds. The quantitative estimate of drug-likeness (QED) is 0.266. The van der Waals surface area contributed by atoms with Crippen LogP contribution >= 0.6 is 0 Å². The highest BCUT2D eigenvalue weighted by Gasteiger charge is 2.17. The maximum absolute atomic E-state index is 13.9. The Morgan fingerprint density at radius 2 is 1.77 bits per heavy atom. The number of rotatable bonds is 6. The first-order valence-corrected chi connectivity index (χ1v) is 8.50. The second kappa shape index (κ2) is 8.66. The molecule has 11 heteroatoms. The minimum Gasteiger partial charge on any atom is -0.457 e. The third-order valence-corrected chi connectivity index (χ3v) is 4.03. The van der Waals surface area contributed by atoms with E-state index < -0.39 is 38.5 Å². The Morgan fingerprint density at radius 3 is 2.45 bits per heavy atom. The molecular formula is C20H11FN4O6. The van der Waals surface area contributed by atoms with E-state index in [0.29, 0.717) is 5.56 Å². The lowest BCUT2D eigenvalue weighted by Crippen LogP contribution is -2.14. The first-order chi connectivity index (χ1) is 14.8. The second-order valence-corrected chi connectivity index (χ2v) is 6.05. The first-order valence-electron chi connectivity index (χ1n) is 8.50. The molecule has 10 nitrogen and oxygen atoms in total. The van der Waals surface area contributed by atoms with Crippen LogP contribution in [0.5, 0.6) is 0 Å². The van der Waals surface area contributed by atoms with Gasteiger partial charge in [-0.1, -0.05) is 12.1 Å². The second-order valence-electron chi connectivity index (χ2n) is 6.05. The fourth-order valence-corrected chi connectivity index (χ4v) is 2.56. The molecule has 31 heavy (non-hydrogen) atoms. The van der Waals surface area contributed by atoms with Gasteiger partial charge in [-0.3, -0.25) is 25.0 Å². The lowest BCUT2D eigenvalue weighted by atomic mass is 10.1. The van der Waals surface area contributed by atoms with Gasteiger partial charge in [0.25, 0.3) is 17.3 Å².